The van der Waals surface area contributed by atoms with Crippen LogP contribution in [0.1, 0.15) is 13.3 Å². The number of hydrogen-bond acceptors (Lipinski definition) is 4. The summed E-state index contributed by atoms with van der Waals surface area (Å²) < 4.78 is 26.7. The summed E-state index contributed by atoms with van der Waals surface area (Å²) in [4.78, 5) is 11.0. The van der Waals surface area contributed by atoms with Crippen LogP contribution < -0.4 is 5.32 Å². The standard InChI is InChI=1S/C8H13NO4S/c1-2-4-13-8(10)9-7-3-5-14(11,12)6-7/h3,5,7H,2,4,6H2,1H3,(H,9,10). The molecule has 1 heterocycles. The lowest BCUT2D eigenvalue weighted by molar-refractivity contribution is 0.145. The molecule has 0 radical (unpaired) electrons. The Morgan fingerprint density at radius 1 is 1.64 bits per heavy atom. The van der Waals surface area contributed by atoms with Crippen LogP contribution in [-0.4, -0.2) is 32.9 Å². The van der Waals surface area contributed by atoms with E-state index >= 15 is 0 Å². The topological polar surface area (TPSA) is 72.5 Å². The Labute approximate surface area is 83.0 Å². The summed E-state index contributed by atoms with van der Waals surface area (Å²) in [6.45, 7) is 2.22. The summed E-state index contributed by atoms with van der Waals surface area (Å²) in [5.41, 5.74) is 0. The molecule has 0 spiro atoms. The number of carbonyl (C=O) groups is 1. The number of alkyl carbamates (subject to hydrolysis) is 1. The Kier molecular flexibility index (Phi) is 3.51. The molecule has 0 fully saturated rings. The fourth-order valence-corrected chi connectivity index (χ4v) is 2.29. The molecule has 1 aliphatic rings. The molecule has 0 aliphatic carbocycles. The number of amides is 1. The van der Waals surface area contributed by atoms with Gasteiger partial charge in [-0.05, 0) is 12.5 Å². The van der Waals surface area contributed by atoms with Crippen molar-refractivity contribution in [2.24, 2.45) is 0 Å². The lowest BCUT2D eigenvalue weighted by Gasteiger charge is -2.09. The minimum absolute atomic E-state index is 0.0752. The normalized spacial score (nSPS) is 23.4. The zero-order valence-corrected chi connectivity index (χ0v) is 8.71. The molecular weight excluding hydrogens is 206 g/mol. The van der Waals surface area contributed by atoms with E-state index in [0.717, 1.165) is 11.8 Å². The third-order valence-electron chi connectivity index (χ3n) is 1.67. The Morgan fingerprint density at radius 2 is 2.36 bits per heavy atom. The van der Waals surface area contributed by atoms with Crippen LogP contribution in [-0.2, 0) is 14.6 Å². The smallest absolute Gasteiger partial charge is 0.407 e. The highest BCUT2D eigenvalue weighted by molar-refractivity contribution is 7.94. The summed E-state index contributed by atoms with van der Waals surface area (Å²) in [5.74, 6) is -0.0752. The van der Waals surface area contributed by atoms with Gasteiger partial charge in [0.2, 0.25) is 0 Å². The molecule has 14 heavy (non-hydrogen) atoms. The summed E-state index contributed by atoms with van der Waals surface area (Å²) in [5, 5.41) is 3.55. The van der Waals surface area contributed by atoms with Gasteiger partial charge in [-0.25, -0.2) is 13.2 Å². The highest BCUT2D eigenvalue weighted by Crippen LogP contribution is 2.07. The number of ether oxygens (including phenoxy) is 1. The van der Waals surface area contributed by atoms with E-state index in [1.807, 2.05) is 6.92 Å². The Balaban J connectivity index is 2.34. The number of rotatable bonds is 3. The van der Waals surface area contributed by atoms with Crippen molar-refractivity contribution in [3.05, 3.63) is 11.5 Å². The van der Waals surface area contributed by atoms with E-state index in [4.69, 9.17) is 4.74 Å². The van der Waals surface area contributed by atoms with Gasteiger partial charge >= 0.3 is 6.09 Å². The van der Waals surface area contributed by atoms with Crippen molar-refractivity contribution in [3.63, 3.8) is 0 Å². The largest absolute Gasteiger partial charge is 0.450 e. The third kappa shape index (κ3) is 3.37. The number of carbonyl (C=O) groups excluding carboxylic acids is 1. The summed E-state index contributed by atoms with van der Waals surface area (Å²) >= 11 is 0. The van der Waals surface area contributed by atoms with Gasteiger partial charge in [-0.15, -0.1) is 0 Å². The molecule has 1 N–H and O–H groups in total. The van der Waals surface area contributed by atoms with Gasteiger partial charge in [0.1, 0.15) is 0 Å². The van der Waals surface area contributed by atoms with Crippen molar-refractivity contribution < 1.29 is 17.9 Å². The molecule has 1 aliphatic heterocycles. The molecule has 1 amide bonds. The minimum atomic E-state index is -3.11. The molecule has 1 rings (SSSR count). The highest BCUT2D eigenvalue weighted by Gasteiger charge is 2.23. The van der Waals surface area contributed by atoms with Crippen LogP contribution in [0, 0.1) is 0 Å². The van der Waals surface area contributed by atoms with Crippen molar-refractivity contribution >= 4 is 15.9 Å². The molecule has 6 heteroatoms. The highest BCUT2D eigenvalue weighted by atomic mass is 32.2. The Bertz CT molecular complexity index is 333. The number of hydrogen-bond donors (Lipinski definition) is 1. The van der Waals surface area contributed by atoms with E-state index < -0.39 is 22.0 Å². The van der Waals surface area contributed by atoms with E-state index in [-0.39, 0.29) is 5.75 Å². The molecule has 0 aromatic rings. The Morgan fingerprint density at radius 3 is 2.86 bits per heavy atom. The van der Waals surface area contributed by atoms with Gasteiger partial charge in [-0.2, -0.15) is 0 Å². The van der Waals surface area contributed by atoms with Gasteiger partial charge in [-0.1, -0.05) is 6.92 Å². The first-order valence-corrected chi connectivity index (χ1v) is 6.09. The predicted molar refractivity (Wildman–Crippen MR) is 51.5 cm³/mol. The van der Waals surface area contributed by atoms with E-state index in [1.54, 1.807) is 0 Å². The molecule has 0 saturated carbocycles. The van der Waals surface area contributed by atoms with Crippen LogP contribution in [0.3, 0.4) is 0 Å². The molecule has 1 unspecified atom stereocenters. The molecule has 5 nitrogen and oxygen atoms in total. The van der Waals surface area contributed by atoms with Crippen molar-refractivity contribution in [2.45, 2.75) is 19.4 Å². The van der Waals surface area contributed by atoms with Gasteiger partial charge in [0.25, 0.3) is 0 Å². The third-order valence-corrected chi connectivity index (χ3v) is 3.07. The van der Waals surface area contributed by atoms with E-state index in [9.17, 15) is 13.2 Å². The molecule has 80 valence electrons. The van der Waals surface area contributed by atoms with Crippen molar-refractivity contribution in [1.82, 2.24) is 5.32 Å². The molecule has 0 aromatic heterocycles. The van der Waals surface area contributed by atoms with Crippen LogP contribution >= 0.6 is 0 Å². The second-order valence-corrected chi connectivity index (χ2v) is 4.98. The van der Waals surface area contributed by atoms with E-state index in [2.05, 4.69) is 5.32 Å². The maximum absolute atomic E-state index is 11.0. The van der Waals surface area contributed by atoms with Gasteiger partial charge in [0, 0.05) is 5.41 Å². The first kappa shape index (κ1) is 11.0. The van der Waals surface area contributed by atoms with E-state index in [1.165, 1.54) is 6.08 Å². The minimum Gasteiger partial charge on any atom is -0.450 e. The van der Waals surface area contributed by atoms with Crippen LogP contribution in [0.15, 0.2) is 11.5 Å². The second-order valence-electron chi connectivity index (χ2n) is 3.04. The van der Waals surface area contributed by atoms with Crippen LogP contribution in [0.2, 0.25) is 0 Å². The average Bonchev–Trinajstić information content (AvgIpc) is 2.42. The fraction of sp³-hybridized carbons (Fsp3) is 0.625. The SMILES string of the molecule is CCCOC(=O)NC1C=CS(=O)(=O)C1. The summed E-state index contributed by atoms with van der Waals surface area (Å²) in [7, 11) is -3.11. The molecule has 1 atom stereocenters. The second kappa shape index (κ2) is 4.45. The van der Waals surface area contributed by atoms with Crippen LogP contribution in [0.5, 0.6) is 0 Å². The van der Waals surface area contributed by atoms with Crippen molar-refractivity contribution in [1.29, 1.82) is 0 Å². The van der Waals surface area contributed by atoms with Gasteiger partial charge in [-0.3, -0.25) is 0 Å². The molecule has 0 bridgehead atoms. The fourth-order valence-electron chi connectivity index (χ4n) is 1.05. The molecular formula is C8H13NO4S. The van der Waals surface area contributed by atoms with Crippen molar-refractivity contribution in [2.75, 3.05) is 12.4 Å². The van der Waals surface area contributed by atoms with Crippen molar-refractivity contribution in [3.8, 4) is 0 Å². The van der Waals surface area contributed by atoms with E-state index in [0.29, 0.717) is 6.61 Å². The zero-order chi connectivity index (χ0) is 10.6. The average molecular weight is 219 g/mol. The maximum atomic E-state index is 11.0. The molecule has 0 saturated heterocycles. The van der Waals surface area contributed by atoms with Gasteiger partial charge < -0.3 is 10.1 Å². The summed E-state index contributed by atoms with van der Waals surface area (Å²) in [6.07, 6.45) is 1.62. The maximum Gasteiger partial charge on any atom is 0.407 e. The summed E-state index contributed by atoms with van der Waals surface area (Å²) in [6, 6.07) is -0.454. The first-order chi connectivity index (χ1) is 6.53. The zero-order valence-electron chi connectivity index (χ0n) is 7.89. The number of sulfone groups is 1. The first-order valence-electron chi connectivity index (χ1n) is 4.38. The lowest BCUT2D eigenvalue weighted by Crippen LogP contribution is -2.35. The van der Waals surface area contributed by atoms with Crippen LogP contribution in [0.25, 0.3) is 0 Å². The van der Waals surface area contributed by atoms with Gasteiger partial charge in [0.15, 0.2) is 9.84 Å². The lowest BCUT2D eigenvalue weighted by atomic mass is 10.3. The van der Waals surface area contributed by atoms with Crippen LogP contribution in [0.4, 0.5) is 4.79 Å². The Hall–Kier alpha value is -1.04. The quantitative estimate of drug-likeness (QED) is 0.747. The number of nitrogens with one attached hydrogen (secondary N) is 1. The predicted octanol–water partition coefficient (Wildman–Crippen LogP) is 0.433. The van der Waals surface area contributed by atoms with Gasteiger partial charge in [0.05, 0.1) is 18.4 Å². The monoisotopic (exact) mass is 219 g/mol. The molecule has 0 aromatic carbocycles.